The molecule has 0 unspecified atom stereocenters. The van der Waals surface area contributed by atoms with Crippen LogP contribution in [-0.2, 0) is 20.4 Å². The molecule has 0 aliphatic rings. The van der Waals surface area contributed by atoms with Crippen LogP contribution in [0.2, 0.25) is 0 Å². The van der Waals surface area contributed by atoms with E-state index in [1.807, 2.05) is 0 Å². The molecule has 0 radical (unpaired) electrons. The van der Waals surface area contributed by atoms with E-state index in [4.69, 9.17) is 0 Å². The Morgan fingerprint density at radius 2 is 0.500 bits per heavy atom. The molecule has 0 aliphatic carbocycles. The van der Waals surface area contributed by atoms with Crippen molar-refractivity contribution < 1.29 is 20.4 Å². The SMILES string of the molecule is N.N.N.[Pd]. The maximum atomic E-state index is 0. The van der Waals surface area contributed by atoms with Crippen LogP contribution >= 0.6 is 0 Å². The molecular weight excluding hydrogens is 148 g/mol. The Morgan fingerprint density at radius 1 is 0.500 bits per heavy atom. The zero-order chi connectivity index (χ0) is 0. The fourth-order valence-corrected chi connectivity index (χ4v) is 0. The van der Waals surface area contributed by atoms with Crippen LogP contribution in [0.4, 0.5) is 0 Å². The van der Waals surface area contributed by atoms with E-state index in [9.17, 15) is 0 Å². The second-order valence-electron chi connectivity index (χ2n) is 0. The minimum absolute atomic E-state index is 0. The van der Waals surface area contributed by atoms with Crippen molar-refractivity contribution in [1.29, 1.82) is 0 Å². The van der Waals surface area contributed by atoms with Gasteiger partial charge in [-0.2, -0.15) is 0 Å². The Kier molecular flexibility index (Phi) is 3770. The first kappa shape index (κ1) is 194. The summed E-state index contributed by atoms with van der Waals surface area (Å²) >= 11 is 0. The van der Waals surface area contributed by atoms with Crippen molar-refractivity contribution in [3.63, 3.8) is 0 Å². The van der Waals surface area contributed by atoms with Crippen molar-refractivity contribution in [3.05, 3.63) is 0 Å². The maximum absolute atomic E-state index is 0. The fraction of sp³-hybridized carbons (Fsp3) is 0. The topological polar surface area (TPSA) is 105 Å². The molecule has 0 atom stereocenters. The van der Waals surface area contributed by atoms with Gasteiger partial charge in [-0.15, -0.1) is 0 Å². The third-order valence-corrected chi connectivity index (χ3v) is 0. The molecule has 0 heterocycles. The van der Waals surface area contributed by atoms with Crippen molar-refractivity contribution in [2.75, 3.05) is 0 Å². The zero-order valence-corrected chi connectivity index (χ0v) is 3.99. The Morgan fingerprint density at radius 3 is 0.500 bits per heavy atom. The van der Waals surface area contributed by atoms with Crippen molar-refractivity contribution in [1.82, 2.24) is 18.5 Å². The van der Waals surface area contributed by atoms with Crippen LogP contribution in [0, 0.1) is 0 Å². The summed E-state index contributed by atoms with van der Waals surface area (Å²) in [6.45, 7) is 0. The average Bonchev–Trinajstić information content (AvgIpc) is 0. The Bertz CT molecular complexity index is 3.25. The van der Waals surface area contributed by atoms with Gasteiger partial charge in [0.2, 0.25) is 0 Å². The molecule has 0 spiro atoms. The molecule has 4 heavy (non-hydrogen) atoms. The molecule has 3 nitrogen and oxygen atoms in total. The van der Waals surface area contributed by atoms with Crippen LogP contribution in [0.5, 0.6) is 0 Å². The van der Waals surface area contributed by atoms with Gasteiger partial charge in [0.25, 0.3) is 0 Å². The predicted molar refractivity (Wildman–Crippen MR) is 15.1 cm³/mol. The van der Waals surface area contributed by atoms with Gasteiger partial charge in [-0.05, 0) is 0 Å². The van der Waals surface area contributed by atoms with Gasteiger partial charge in [0.1, 0.15) is 0 Å². The standard InChI is InChI=1S/3H3N.Pd/h3*1H3;. The minimum atomic E-state index is 0. The number of hydrogen-bond donors (Lipinski definition) is 3. The molecule has 4 heteroatoms. The molecule has 0 aliphatic heterocycles. The summed E-state index contributed by atoms with van der Waals surface area (Å²) in [4.78, 5) is 0. The van der Waals surface area contributed by atoms with E-state index in [0.717, 1.165) is 0 Å². The third kappa shape index (κ3) is 20.6. The van der Waals surface area contributed by atoms with Crippen LogP contribution in [-0.4, -0.2) is 0 Å². The maximum Gasteiger partial charge on any atom is 0 e. The minimum Gasteiger partial charge on any atom is -0.344 e. The third-order valence-electron chi connectivity index (χ3n) is 0. The van der Waals surface area contributed by atoms with Crippen molar-refractivity contribution >= 4 is 0 Å². The second kappa shape index (κ2) is 77.8. The van der Waals surface area contributed by atoms with E-state index < -0.39 is 0 Å². The number of hydrogen-bond acceptors (Lipinski definition) is 3. The second-order valence-corrected chi connectivity index (χ2v) is 0. The molecule has 0 aromatic heterocycles. The summed E-state index contributed by atoms with van der Waals surface area (Å²) in [5.41, 5.74) is 0. The Balaban J connectivity index is 0. The van der Waals surface area contributed by atoms with E-state index in [2.05, 4.69) is 0 Å². The van der Waals surface area contributed by atoms with Crippen LogP contribution in [0.3, 0.4) is 0 Å². The Labute approximate surface area is 39.6 Å². The first-order valence-electron chi connectivity index (χ1n) is 0. The molecule has 0 saturated carbocycles. The molecule has 0 amide bonds. The monoisotopic (exact) mass is 157 g/mol. The van der Waals surface area contributed by atoms with E-state index in [0.29, 0.717) is 0 Å². The van der Waals surface area contributed by atoms with Gasteiger partial charge in [-0.1, -0.05) is 0 Å². The van der Waals surface area contributed by atoms with Crippen LogP contribution in [0.25, 0.3) is 0 Å². The van der Waals surface area contributed by atoms with Crippen LogP contribution < -0.4 is 18.5 Å². The fourth-order valence-electron chi connectivity index (χ4n) is 0. The summed E-state index contributed by atoms with van der Waals surface area (Å²) in [6, 6.07) is 0. The quantitative estimate of drug-likeness (QED) is 0.446. The van der Waals surface area contributed by atoms with Gasteiger partial charge in [-0.25, -0.2) is 0 Å². The molecular formula is H9N3Pd. The molecule has 0 aromatic carbocycles. The zero-order valence-electron chi connectivity index (χ0n) is 2.44. The van der Waals surface area contributed by atoms with Crippen molar-refractivity contribution in [3.8, 4) is 0 Å². The van der Waals surface area contributed by atoms with Gasteiger partial charge < -0.3 is 18.5 Å². The van der Waals surface area contributed by atoms with E-state index in [1.165, 1.54) is 0 Å². The van der Waals surface area contributed by atoms with Gasteiger partial charge in [0, 0.05) is 20.4 Å². The molecule has 0 aromatic rings. The number of rotatable bonds is 0. The summed E-state index contributed by atoms with van der Waals surface area (Å²) in [5, 5.41) is 0. The predicted octanol–water partition coefficient (Wildman–Crippen LogP) is 0.483. The van der Waals surface area contributed by atoms with Gasteiger partial charge in [0.05, 0.1) is 0 Å². The molecule has 0 rings (SSSR count). The first-order valence-corrected chi connectivity index (χ1v) is 0. The van der Waals surface area contributed by atoms with Crippen LogP contribution in [0.15, 0.2) is 0 Å². The van der Waals surface area contributed by atoms with Crippen LogP contribution in [0.1, 0.15) is 0 Å². The molecule has 0 fully saturated rings. The smallest absolute Gasteiger partial charge is 0 e. The summed E-state index contributed by atoms with van der Waals surface area (Å²) in [5.74, 6) is 0. The van der Waals surface area contributed by atoms with Gasteiger partial charge in [0.15, 0.2) is 0 Å². The van der Waals surface area contributed by atoms with E-state index in [-0.39, 0.29) is 38.9 Å². The van der Waals surface area contributed by atoms with E-state index in [1.54, 1.807) is 0 Å². The molecule has 9 N–H and O–H groups in total. The normalized spacial score (nSPS) is 0. The summed E-state index contributed by atoms with van der Waals surface area (Å²) in [6.07, 6.45) is 0. The average molecular weight is 158 g/mol. The van der Waals surface area contributed by atoms with Gasteiger partial charge >= 0.3 is 0 Å². The van der Waals surface area contributed by atoms with Crippen molar-refractivity contribution in [2.45, 2.75) is 0 Å². The summed E-state index contributed by atoms with van der Waals surface area (Å²) < 4.78 is 0. The van der Waals surface area contributed by atoms with Crippen molar-refractivity contribution in [2.24, 2.45) is 0 Å². The largest absolute Gasteiger partial charge is 0.344 e. The molecule has 0 bridgehead atoms. The molecule has 0 saturated heterocycles. The van der Waals surface area contributed by atoms with Gasteiger partial charge in [-0.3, -0.25) is 0 Å². The van der Waals surface area contributed by atoms with E-state index >= 15 is 0 Å². The first-order chi connectivity index (χ1) is 0. The molecule has 34 valence electrons. The summed E-state index contributed by atoms with van der Waals surface area (Å²) in [7, 11) is 0. The Hall–Kier alpha value is 0.542.